The maximum absolute atomic E-state index is 11.8. The van der Waals surface area contributed by atoms with Crippen LogP contribution in [0.25, 0.3) is 10.9 Å². The highest BCUT2D eigenvalue weighted by atomic mass is 16.5. The van der Waals surface area contributed by atoms with Crippen molar-refractivity contribution in [3.05, 3.63) is 36.5 Å². The van der Waals surface area contributed by atoms with E-state index >= 15 is 0 Å². The Morgan fingerprint density at radius 3 is 3.05 bits per heavy atom. The molecule has 2 N–H and O–H groups in total. The number of ether oxygens (including phenoxy) is 1. The molecule has 1 heterocycles. The molecule has 5 heteroatoms. The second-order valence-electron chi connectivity index (χ2n) is 5.46. The van der Waals surface area contributed by atoms with Gasteiger partial charge in [0.05, 0.1) is 18.3 Å². The first-order valence-electron chi connectivity index (χ1n) is 7.63. The van der Waals surface area contributed by atoms with Gasteiger partial charge >= 0.3 is 5.97 Å². The Morgan fingerprint density at radius 1 is 1.50 bits per heavy atom. The van der Waals surface area contributed by atoms with Crippen LogP contribution in [-0.2, 0) is 11.3 Å². The molecule has 0 radical (unpaired) electrons. The Labute approximate surface area is 130 Å². The van der Waals surface area contributed by atoms with Gasteiger partial charge in [-0.15, -0.1) is 0 Å². The second-order valence-corrected chi connectivity index (χ2v) is 5.46. The number of carbonyl (C=O) groups excluding carboxylic acids is 1. The molecule has 0 amide bonds. The van der Waals surface area contributed by atoms with Crippen molar-refractivity contribution in [1.82, 2.24) is 9.78 Å². The smallest absolute Gasteiger partial charge is 0.311 e. The van der Waals surface area contributed by atoms with Crippen LogP contribution in [0.4, 0.5) is 0 Å². The number of rotatable bonds is 7. The predicted molar refractivity (Wildman–Crippen MR) is 87.7 cm³/mol. The normalized spacial score (nSPS) is 12.9. The Morgan fingerprint density at radius 2 is 2.32 bits per heavy atom. The summed E-state index contributed by atoms with van der Waals surface area (Å²) in [5, 5.41) is 5.32. The number of esters is 1. The lowest BCUT2D eigenvalue weighted by Crippen LogP contribution is -2.22. The molecule has 1 aromatic carbocycles. The van der Waals surface area contributed by atoms with E-state index in [2.05, 4.69) is 5.10 Å². The highest BCUT2D eigenvalue weighted by molar-refractivity contribution is 5.81. The van der Waals surface area contributed by atoms with Crippen molar-refractivity contribution in [3.8, 4) is 5.75 Å². The lowest BCUT2D eigenvalue weighted by atomic mass is 10.2. The number of nitrogens with two attached hydrogens (primary N) is 1. The number of unbranched alkanes of at least 4 members (excludes halogenated alkanes) is 1. The van der Waals surface area contributed by atoms with Crippen LogP contribution in [0.2, 0.25) is 0 Å². The fourth-order valence-corrected chi connectivity index (χ4v) is 2.25. The molecule has 2 rings (SSSR count). The first kappa shape index (κ1) is 16.2. The van der Waals surface area contributed by atoms with Crippen LogP contribution in [0, 0.1) is 0 Å². The standard InChI is InChI=1S/C17H23N3O2/c1-3-4-5-6-7-17(21)22-15-9-8-14-11-19-20(12-13(2)18)16(14)10-15/h3-4,8-11,13H,5-7,12,18H2,1-2H3/b4-3-. The molecule has 22 heavy (non-hydrogen) atoms. The van der Waals surface area contributed by atoms with Gasteiger partial charge in [0.2, 0.25) is 0 Å². The summed E-state index contributed by atoms with van der Waals surface area (Å²) in [5.41, 5.74) is 6.75. The molecule has 0 saturated heterocycles. The number of hydrogen-bond donors (Lipinski definition) is 1. The van der Waals surface area contributed by atoms with Crippen molar-refractivity contribution in [3.63, 3.8) is 0 Å². The zero-order valence-corrected chi connectivity index (χ0v) is 13.2. The highest BCUT2D eigenvalue weighted by Crippen LogP contribution is 2.21. The molecule has 0 saturated carbocycles. The first-order chi connectivity index (χ1) is 10.6. The van der Waals surface area contributed by atoms with Crippen LogP contribution in [0.1, 0.15) is 33.1 Å². The van der Waals surface area contributed by atoms with E-state index < -0.39 is 0 Å². The Hall–Kier alpha value is -2.14. The van der Waals surface area contributed by atoms with Gasteiger partial charge in [-0.1, -0.05) is 12.2 Å². The molecule has 1 aromatic heterocycles. The van der Waals surface area contributed by atoms with Gasteiger partial charge in [-0.3, -0.25) is 9.48 Å². The number of benzene rings is 1. The lowest BCUT2D eigenvalue weighted by Gasteiger charge is -2.08. The average molecular weight is 301 g/mol. The van der Waals surface area contributed by atoms with Gasteiger partial charge in [0.25, 0.3) is 0 Å². The molecule has 0 bridgehead atoms. The third kappa shape index (κ3) is 4.43. The van der Waals surface area contributed by atoms with Gasteiger partial charge in [0.15, 0.2) is 0 Å². The topological polar surface area (TPSA) is 70.1 Å². The van der Waals surface area contributed by atoms with Gasteiger partial charge in [0, 0.05) is 23.9 Å². The summed E-state index contributed by atoms with van der Waals surface area (Å²) in [5.74, 6) is 0.345. The summed E-state index contributed by atoms with van der Waals surface area (Å²) in [6, 6.07) is 5.56. The van der Waals surface area contributed by atoms with E-state index in [9.17, 15) is 4.79 Å². The largest absolute Gasteiger partial charge is 0.426 e. The average Bonchev–Trinajstić information content (AvgIpc) is 2.86. The Bertz CT molecular complexity index is 659. The summed E-state index contributed by atoms with van der Waals surface area (Å²) < 4.78 is 7.23. The van der Waals surface area contributed by atoms with E-state index in [0.717, 1.165) is 23.7 Å². The van der Waals surface area contributed by atoms with Gasteiger partial charge in [-0.25, -0.2) is 0 Å². The maximum Gasteiger partial charge on any atom is 0.311 e. The monoisotopic (exact) mass is 301 g/mol. The van der Waals surface area contributed by atoms with Crippen molar-refractivity contribution in [2.45, 2.75) is 45.7 Å². The van der Waals surface area contributed by atoms with Gasteiger partial charge < -0.3 is 10.5 Å². The van der Waals surface area contributed by atoms with E-state index in [1.54, 1.807) is 12.3 Å². The molecule has 0 fully saturated rings. The molecular formula is C17H23N3O2. The van der Waals surface area contributed by atoms with E-state index in [0.29, 0.717) is 18.7 Å². The molecule has 0 spiro atoms. The molecule has 118 valence electrons. The summed E-state index contributed by atoms with van der Waals surface area (Å²) in [6.07, 6.45) is 7.94. The van der Waals surface area contributed by atoms with Crippen LogP contribution >= 0.6 is 0 Å². The van der Waals surface area contributed by atoms with Crippen molar-refractivity contribution >= 4 is 16.9 Å². The molecule has 1 unspecified atom stereocenters. The minimum Gasteiger partial charge on any atom is -0.426 e. The summed E-state index contributed by atoms with van der Waals surface area (Å²) in [6.45, 7) is 4.53. The quantitative estimate of drug-likeness (QED) is 0.369. The van der Waals surface area contributed by atoms with E-state index in [1.807, 2.05) is 42.8 Å². The van der Waals surface area contributed by atoms with Crippen LogP contribution in [0.15, 0.2) is 36.5 Å². The SMILES string of the molecule is C/C=C\CCCC(=O)Oc1ccc2cnn(CC(C)N)c2c1. The van der Waals surface area contributed by atoms with E-state index in [1.165, 1.54) is 0 Å². The van der Waals surface area contributed by atoms with Crippen molar-refractivity contribution in [1.29, 1.82) is 0 Å². The fraction of sp³-hybridized carbons (Fsp3) is 0.412. The molecule has 0 aliphatic rings. The zero-order chi connectivity index (χ0) is 15.9. The van der Waals surface area contributed by atoms with Crippen LogP contribution in [-0.4, -0.2) is 21.8 Å². The number of hydrogen-bond acceptors (Lipinski definition) is 4. The minimum absolute atomic E-state index is 0.0147. The van der Waals surface area contributed by atoms with Gasteiger partial charge in [0.1, 0.15) is 5.75 Å². The van der Waals surface area contributed by atoms with Crippen molar-refractivity contribution in [2.24, 2.45) is 5.73 Å². The number of allylic oxidation sites excluding steroid dienone is 2. The Balaban J connectivity index is 2.03. The predicted octanol–water partition coefficient (Wildman–Crippen LogP) is 3.04. The van der Waals surface area contributed by atoms with Crippen LogP contribution in [0.5, 0.6) is 5.75 Å². The van der Waals surface area contributed by atoms with Crippen molar-refractivity contribution < 1.29 is 9.53 Å². The van der Waals surface area contributed by atoms with Crippen molar-refractivity contribution in [2.75, 3.05) is 0 Å². The number of carbonyl (C=O) groups is 1. The molecule has 5 nitrogen and oxygen atoms in total. The summed E-state index contributed by atoms with van der Waals surface area (Å²) in [4.78, 5) is 11.8. The number of nitrogens with zero attached hydrogens (tertiary/aromatic N) is 2. The molecule has 2 aromatic rings. The molecule has 1 atom stereocenters. The third-order valence-electron chi connectivity index (χ3n) is 3.30. The number of aromatic nitrogens is 2. The van der Waals surface area contributed by atoms with E-state index in [-0.39, 0.29) is 12.0 Å². The van der Waals surface area contributed by atoms with E-state index in [4.69, 9.17) is 10.5 Å². The molecule has 0 aliphatic carbocycles. The zero-order valence-electron chi connectivity index (χ0n) is 13.2. The van der Waals surface area contributed by atoms with Crippen LogP contribution < -0.4 is 10.5 Å². The first-order valence-corrected chi connectivity index (χ1v) is 7.63. The summed E-state index contributed by atoms with van der Waals surface area (Å²) in [7, 11) is 0. The second kappa shape index (κ2) is 7.75. The van der Waals surface area contributed by atoms with Gasteiger partial charge in [-0.2, -0.15) is 5.10 Å². The summed E-state index contributed by atoms with van der Waals surface area (Å²) >= 11 is 0. The lowest BCUT2D eigenvalue weighted by molar-refractivity contribution is -0.134. The third-order valence-corrected chi connectivity index (χ3v) is 3.30. The van der Waals surface area contributed by atoms with Crippen LogP contribution in [0.3, 0.4) is 0 Å². The maximum atomic E-state index is 11.8. The number of fused-ring (bicyclic) bond motifs is 1. The molecule has 0 aliphatic heterocycles. The minimum atomic E-state index is -0.206. The molecular weight excluding hydrogens is 278 g/mol. The Kier molecular flexibility index (Phi) is 5.72. The fourth-order valence-electron chi connectivity index (χ4n) is 2.25. The van der Waals surface area contributed by atoms with Gasteiger partial charge in [-0.05, 0) is 38.8 Å². The highest BCUT2D eigenvalue weighted by Gasteiger charge is 2.09.